The minimum Gasteiger partial charge on any atom is -0.465 e. The standard InChI is InChI=1S/C22H16N2O4S/c1-27-21(26)17-10-6-5-9-16(17)18-12-11-15(28-18)13-19-20(25)24-22(29-19)23-14-7-3-2-4-8-14/h2-13H,1H3,(H,23,24,25)/b19-13+. The number of hydrogen-bond donors (Lipinski definition) is 1. The Morgan fingerprint density at radius 1 is 1.07 bits per heavy atom. The van der Waals surface area contributed by atoms with Crippen molar-refractivity contribution in [1.82, 2.24) is 5.32 Å². The Kier molecular flexibility index (Phi) is 5.31. The minimum absolute atomic E-state index is 0.238. The van der Waals surface area contributed by atoms with E-state index in [9.17, 15) is 9.59 Å². The summed E-state index contributed by atoms with van der Waals surface area (Å²) in [5.41, 5.74) is 1.80. The molecular weight excluding hydrogens is 388 g/mol. The Bertz CT molecular complexity index is 1130. The van der Waals surface area contributed by atoms with Crippen LogP contribution in [0.1, 0.15) is 16.1 Å². The van der Waals surface area contributed by atoms with E-state index in [2.05, 4.69) is 10.3 Å². The molecule has 1 N–H and O–H groups in total. The number of furan rings is 1. The number of thioether (sulfide) groups is 1. The molecule has 1 aromatic heterocycles. The van der Waals surface area contributed by atoms with E-state index in [1.165, 1.54) is 18.9 Å². The van der Waals surface area contributed by atoms with Crippen LogP contribution in [-0.4, -0.2) is 24.2 Å². The van der Waals surface area contributed by atoms with Crippen molar-refractivity contribution in [1.29, 1.82) is 0 Å². The molecule has 1 fully saturated rings. The van der Waals surface area contributed by atoms with Gasteiger partial charge in [0.1, 0.15) is 11.5 Å². The largest absolute Gasteiger partial charge is 0.465 e. The summed E-state index contributed by atoms with van der Waals surface area (Å²) in [4.78, 5) is 29.1. The van der Waals surface area contributed by atoms with Gasteiger partial charge >= 0.3 is 5.97 Å². The molecule has 0 bridgehead atoms. The summed E-state index contributed by atoms with van der Waals surface area (Å²) in [5.74, 6) is 0.333. The van der Waals surface area contributed by atoms with Crippen molar-refractivity contribution >= 4 is 40.6 Å². The number of esters is 1. The summed E-state index contributed by atoms with van der Waals surface area (Å²) in [6, 6.07) is 19.9. The monoisotopic (exact) mass is 404 g/mol. The van der Waals surface area contributed by atoms with Gasteiger partial charge in [-0.15, -0.1) is 0 Å². The highest BCUT2D eigenvalue weighted by molar-refractivity contribution is 8.18. The van der Waals surface area contributed by atoms with E-state index in [1.807, 2.05) is 36.4 Å². The van der Waals surface area contributed by atoms with Crippen molar-refractivity contribution in [2.75, 3.05) is 7.11 Å². The summed E-state index contributed by atoms with van der Waals surface area (Å²) in [6.07, 6.45) is 1.65. The molecule has 1 aliphatic rings. The van der Waals surface area contributed by atoms with Crippen molar-refractivity contribution in [3.63, 3.8) is 0 Å². The summed E-state index contributed by atoms with van der Waals surface area (Å²) in [6.45, 7) is 0. The molecule has 1 aliphatic heterocycles. The van der Waals surface area contributed by atoms with Crippen LogP contribution in [0.3, 0.4) is 0 Å². The molecule has 2 heterocycles. The lowest BCUT2D eigenvalue weighted by Crippen LogP contribution is -2.19. The third-order valence-corrected chi connectivity index (χ3v) is 5.05. The smallest absolute Gasteiger partial charge is 0.338 e. The number of amidine groups is 1. The first-order valence-electron chi connectivity index (χ1n) is 8.76. The molecule has 29 heavy (non-hydrogen) atoms. The van der Waals surface area contributed by atoms with Crippen molar-refractivity contribution in [2.24, 2.45) is 4.99 Å². The number of carbonyl (C=O) groups excluding carboxylic acids is 2. The van der Waals surface area contributed by atoms with Crippen LogP contribution in [0.2, 0.25) is 0 Å². The maximum Gasteiger partial charge on any atom is 0.338 e. The van der Waals surface area contributed by atoms with Crippen LogP contribution in [0.25, 0.3) is 17.4 Å². The van der Waals surface area contributed by atoms with Gasteiger partial charge in [-0.2, -0.15) is 0 Å². The Labute approximate surface area is 171 Å². The van der Waals surface area contributed by atoms with Crippen LogP contribution in [-0.2, 0) is 9.53 Å². The Morgan fingerprint density at radius 3 is 2.62 bits per heavy atom. The Hall–Kier alpha value is -3.58. The highest BCUT2D eigenvalue weighted by Gasteiger charge is 2.24. The number of benzene rings is 2. The van der Waals surface area contributed by atoms with Gasteiger partial charge in [-0.05, 0) is 42.1 Å². The van der Waals surface area contributed by atoms with Gasteiger partial charge in [-0.3, -0.25) is 4.79 Å². The predicted molar refractivity (Wildman–Crippen MR) is 113 cm³/mol. The fourth-order valence-corrected chi connectivity index (χ4v) is 3.61. The second kappa shape index (κ2) is 8.20. The highest BCUT2D eigenvalue weighted by atomic mass is 32.2. The average molecular weight is 404 g/mol. The van der Waals surface area contributed by atoms with Crippen LogP contribution in [0.4, 0.5) is 5.69 Å². The van der Waals surface area contributed by atoms with Gasteiger partial charge in [-0.1, -0.05) is 36.4 Å². The molecule has 4 rings (SSSR count). The number of para-hydroxylation sites is 1. The van der Waals surface area contributed by atoms with Gasteiger partial charge in [0.2, 0.25) is 0 Å². The summed E-state index contributed by atoms with van der Waals surface area (Å²) < 4.78 is 10.7. The van der Waals surface area contributed by atoms with Crippen molar-refractivity contribution in [3.8, 4) is 11.3 Å². The van der Waals surface area contributed by atoms with Crippen LogP contribution in [0.5, 0.6) is 0 Å². The van der Waals surface area contributed by atoms with Crippen LogP contribution in [0.15, 0.2) is 81.0 Å². The number of carbonyl (C=O) groups is 2. The molecule has 1 saturated heterocycles. The quantitative estimate of drug-likeness (QED) is 0.507. The first-order chi connectivity index (χ1) is 14.1. The number of rotatable bonds is 4. The second-order valence-electron chi connectivity index (χ2n) is 6.06. The Balaban J connectivity index is 1.58. The molecule has 0 spiro atoms. The fraction of sp³-hybridized carbons (Fsp3) is 0.0455. The second-order valence-corrected chi connectivity index (χ2v) is 7.09. The molecule has 1 amide bonds. The third-order valence-electron chi connectivity index (χ3n) is 4.14. The molecule has 0 radical (unpaired) electrons. The van der Waals surface area contributed by atoms with Gasteiger partial charge in [0.05, 0.1) is 23.3 Å². The summed E-state index contributed by atoms with van der Waals surface area (Å²) >= 11 is 1.24. The number of ether oxygens (including phenoxy) is 1. The fourth-order valence-electron chi connectivity index (χ4n) is 2.79. The average Bonchev–Trinajstić information content (AvgIpc) is 3.35. The number of hydrogen-bond acceptors (Lipinski definition) is 6. The van der Waals surface area contributed by atoms with E-state index >= 15 is 0 Å². The molecule has 144 valence electrons. The molecular formula is C22H16N2O4S. The number of nitrogens with zero attached hydrogens (tertiary/aromatic N) is 1. The van der Waals surface area contributed by atoms with Crippen LogP contribution < -0.4 is 5.32 Å². The maximum atomic E-state index is 12.3. The zero-order chi connectivity index (χ0) is 20.2. The maximum absolute atomic E-state index is 12.3. The summed E-state index contributed by atoms with van der Waals surface area (Å²) in [7, 11) is 1.33. The van der Waals surface area contributed by atoms with E-state index in [0.717, 1.165) is 5.69 Å². The molecule has 0 unspecified atom stereocenters. The molecule has 2 aromatic carbocycles. The molecule has 6 nitrogen and oxygen atoms in total. The van der Waals surface area contributed by atoms with E-state index in [0.29, 0.717) is 32.7 Å². The topological polar surface area (TPSA) is 80.9 Å². The van der Waals surface area contributed by atoms with Gasteiger partial charge in [0, 0.05) is 11.6 Å². The number of nitrogens with one attached hydrogen (secondary N) is 1. The first-order valence-corrected chi connectivity index (χ1v) is 9.58. The van der Waals surface area contributed by atoms with Gasteiger partial charge in [0.25, 0.3) is 5.91 Å². The van der Waals surface area contributed by atoms with Crippen LogP contribution in [0, 0.1) is 0 Å². The lowest BCUT2D eigenvalue weighted by atomic mass is 10.1. The first kappa shape index (κ1) is 18.8. The number of aliphatic imine (C=N–C) groups is 1. The minimum atomic E-state index is -0.440. The van der Waals surface area contributed by atoms with E-state index in [1.54, 1.807) is 36.4 Å². The number of methoxy groups -OCH3 is 1. The molecule has 0 saturated carbocycles. The zero-order valence-corrected chi connectivity index (χ0v) is 16.2. The summed E-state index contributed by atoms with van der Waals surface area (Å²) in [5, 5.41) is 3.26. The molecule has 0 aliphatic carbocycles. The van der Waals surface area contributed by atoms with E-state index in [-0.39, 0.29) is 5.91 Å². The van der Waals surface area contributed by atoms with Gasteiger partial charge in [0.15, 0.2) is 5.17 Å². The van der Waals surface area contributed by atoms with E-state index < -0.39 is 5.97 Å². The number of amides is 1. The highest BCUT2D eigenvalue weighted by Crippen LogP contribution is 2.31. The molecule has 0 atom stereocenters. The van der Waals surface area contributed by atoms with Gasteiger partial charge in [-0.25, -0.2) is 9.79 Å². The van der Waals surface area contributed by atoms with Crippen molar-refractivity contribution < 1.29 is 18.7 Å². The lowest BCUT2D eigenvalue weighted by molar-refractivity contribution is -0.115. The van der Waals surface area contributed by atoms with Crippen LogP contribution >= 0.6 is 11.8 Å². The molecule has 7 heteroatoms. The zero-order valence-electron chi connectivity index (χ0n) is 15.4. The van der Waals surface area contributed by atoms with Crippen molar-refractivity contribution in [3.05, 3.63) is 83.0 Å². The third kappa shape index (κ3) is 4.14. The van der Waals surface area contributed by atoms with E-state index in [4.69, 9.17) is 9.15 Å². The Morgan fingerprint density at radius 2 is 1.83 bits per heavy atom. The van der Waals surface area contributed by atoms with Crippen molar-refractivity contribution in [2.45, 2.75) is 0 Å². The predicted octanol–water partition coefficient (Wildman–Crippen LogP) is 4.62. The normalized spacial score (nSPS) is 16.2. The van der Waals surface area contributed by atoms with Gasteiger partial charge < -0.3 is 14.5 Å². The lowest BCUT2D eigenvalue weighted by Gasteiger charge is -2.04. The molecule has 3 aromatic rings. The SMILES string of the molecule is COC(=O)c1ccccc1-c1ccc(/C=C2/SC(=Nc3ccccc3)NC2=O)o1.